The molecule has 0 radical (unpaired) electrons. The molecule has 2 rings (SSSR count). The molecule has 22 heavy (non-hydrogen) atoms. The molecule has 1 atom stereocenters. The summed E-state index contributed by atoms with van der Waals surface area (Å²) in [5, 5.41) is 17.0. The molecular formula is C13H17N3O5S. The van der Waals surface area contributed by atoms with Crippen LogP contribution in [0.5, 0.6) is 0 Å². The number of hydrogen-bond acceptors (Lipinski definition) is 5. The highest BCUT2D eigenvalue weighted by Gasteiger charge is 2.34. The predicted octanol–water partition coefficient (Wildman–Crippen LogP) is 0.0679. The maximum absolute atomic E-state index is 12.1. The first-order chi connectivity index (χ1) is 10.2. The highest BCUT2D eigenvalue weighted by molar-refractivity contribution is 7.89. The number of carboxylic acid groups (broad SMARTS) is 1. The molecule has 8 nitrogen and oxygen atoms in total. The van der Waals surface area contributed by atoms with Gasteiger partial charge in [-0.2, -0.15) is 0 Å². The second-order valence-corrected chi connectivity index (χ2v) is 6.85. The van der Waals surface area contributed by atoms with Crippen molar-refractivity contribution >= 4 is 33.3 Å². The van der Waals surface area contributed by atoms with Crippen LogP contribution in [-0.2, 0) is 14.8 Å². The lowest BCUT2D eigenvalue weighted by molar-refractivity contribution is -0.117. The molecule has 0 bridgehead atoms. The van der Waals surface area contributed by atoms with Gasteiger partial charge in [0.15, 0.2) is 0 Å². The third-order valence-corrected chi connectivity index (χ3v) is 4.41. The zero-order chi connectivity index (χ0) is 16.5. The zero-order valence-electron chi connectivity index (χ0n) is 11.9. The number of nitrogens with two attached hydrogens (primary N) is 1. The number of aromatic carboxylic acids is 1. The molecule has 1 aliphatic heterocycles. The summed E-state index contributed by atoms with van der Waals surface area (Å²) < 4.78 is 22.3. The molecule has 0 spiro atoms. The van der Waals surface area contributed by atoms with Crippen LogP contribution in [0.15, 0.2) is 18.2 Å². The number of carboxylic acids is 1. The summed E-state index contributed by atoms with van der Waals surface area (Å²) in [6, 6.07) is 4.39. The van der Waals surface area contributed by atoms with Gasteiger partial charge in [0.1, 0.15) is 0 Å². The zero-order valence-corrected chi connectivity index (χ0v) is 12.8. The van der Waals surface area contributed by atoms with Crippen molar-refractivity contribution in [3.8, 4) is 0 Å². The van der Waals surface area contributed by atoms with Gasteiger partial charge in [0, 0.05) is 25.9 Å². The van der Waals surface area contributed by atoms with Crippen LogP contribution in [0, 0.1) is 5.92 Å². The number of primary sulfonamides is 1. The molecule has 1 aromatic rings. The molecule has 9 heteroatoms. The Balaban J connectivity index is 2.33. The fourth-order valence-corrected chi connectivity index (χ4v) is 3.43. The van der Waals surface area contributed by atoms with Gasteiger partial charge in [-0.15, -0.1) is 0 Å². The van der Waals surface area contributed by atoms with Gasteiger partial charge in [0.2, 0.25) is 15.9 Å². The van der Waals surface area contributed by atoms with Gasteiger partial charge in [-0.25, -0.2) is 18.4 Å². The van der Waals surface area contributed by atoms with Crippen molar-refractivity contribution in [2.75, 3.05) is 29.6 Å². The molecule has 1 heterocycles. The Morgan fingerprint density at radius 2 is 2.18 bits per heavy atom. The molecule has 1 aliphatic rings. The Morgan fingerprint density at radius 3 is 2.73 bits per heavy atom. The fraction of sp³-hybridized carbons (Fsp3) is 0.385. The SMILES string of the molecule is CNc1ccc(C(=O)O)cc1N1CC(CS(N)(=O)=O)CC1=O. The first-order valence-electron chi connectivity index (χ1n) is 6.57. The first kappa shape index (κ1) is 16.2. The number of nitrogens with zero attached hydrogens (tertiary/aromatic N) is 1. The lowest BCUT2D eigenvalue weighted by Crippen LogP contribution is -2.28. The fourth-order valence-electron chi connectivity index (χ4n) is 2.55. The highest BCUT2D eigenvalue weighted by atomic mass is 32.2. The summed E-state index contributed by atoms with van der Waals surface area (Å²) in [5.74, 6) is -2.03. The Morgan fingerprint density at radius 1 is 1.50 bits per heavy atom. The van der Waals surface area contributed by atoms with E-state index in [1.165, 1.54) is 17.0 Å². The molecule has 1 saturated heterocycles. The summed E-state index contributed by atoms with van der Waals surface area (Å²) >= 11 is 0. The summed E-state index contributed by atoms with van der Waals surface area (Å²) in [5.41, 5.74) is 1.07. The van der Waals surface area contributed by atoms with E-state index >= 15 is 0 Å². The number of amides is 1. The van der Waals surface area contributed by atoms with Gasteiger partial charge in [-0.3, -0.25) is 4.79 Å². The van der Waals surface area contributed by atoms with Crippen molar-refractivity contribution in [3.05, 3.63) is 23.8 Å². The molecule has 120 valence electrons. The molecule has 0 aliphatic carbocycles. The lowest BCUT2D eigenvalue weighted by atomic mass is 10.1. The van der Waals surface area contributed by atoms with Crippen LogP contribution >= 0.6 is 0 Å². The van der Waals surface area contributed by atoms with Crippen LogP contribution in [0.1, 0.15) is 16.8 Å². The summed E-state index contributed by atoms with van der Waals surface area (Å²) in [7, 11) is -2.01. The van der Waals surface area contributed by atoms with Gasteiger partial charge < -0.3 is 15.3 Å². The quantitative estimate of drug-likeness (QED) is 0.701. The molecule has 1 unspecified atom stereocenters. The van der Waals surface area contributed by atoms with Crippen LogP contribution in [0.2, 0.25) is 0 Å². The molecule has 1 amide bonds. The minimum absolute atomic E-state index is 0.0525. The summed E-state index contributed by atoms with van der Waals surface area (Å²) in [4.78, 5) is 24.6. The van der Waals surface area contributed by atoms with E-state index in [-0.39, 0.29) is 30.2 Å². The van der Waals surface area contributed by atoms with Crippen molar-refractivity contribution in [2.24, 2.45) is 11.1 Å². The Kier molecular flexibility index (Phi) is 4.38. The number of benzene rings is 1. The Labute approximate surface area is 128 Å². The Bertz CT molecular complexity index is 716. The van der Waals surface area contributed by atoms with E-state index in [0.29, 0.717) is 11.4 Å². The largest absolute Gasteiger partial charge is 0.478 e. The third-order valence-electron chi connectivity index (χ3n) is 3.48. The van der Waals surface area contributed by atoms with E-state index in [9.17, 15) is 18.0 Å². The van der Waals surface area contributed by atoms with E-state index in [1.54, 1.807) is 13.1 Å². The van der Waals surface area contributed by atoms with Crippen LogP contribution < -0.4 is 15.4 Å². The van der Waals surface area contributed by atoms with Crippen molar-refractivity contribution in [1.29, 1.82) is 0 Å². The maximum atomic E-state index is 12.1. The highest BCUT2D eigenvalue weighted by Crippen LogP contribution is 2.32. The van der Waals surface area contributed by atoms with Gasteiger partial charge in [0.05, 0.1) is 22.7 Å². The van der Waals surface area contributed by atoms with E-state index < -0.39 is 21.9 Å². The van der Waals surface area contributed by atoms with Gasteiger partial charge in [-0.05, 0) is 18.2 Å². The molecule has 1 fully saturated rings. The number of hydrogen-bond donors (Lipinski definition) is 3. The third kappa shape index (κ3) is 3.55. The number of nitrogens with one attached hydrogen (secondary N) is 1. The maximum Gasteiger partial charge on any atom is 0.335 e. The van der Waals surface area contributed by atoms with Crippen molar-refractivity contribution < 1.29 is 23.1 Å². The second-order valence-electron chi connectivity index (χ2n) is 5.19. The standard InChI is InChI=1S/C13H17N3O5S/c1-15-10-3-2-9(13(18)19)5-11(10)16-6-8(4-12(16)17)7-22(14,20)21/h2-3,5,8,15H,4,6-7H2,1H3,(H,18,19)(H2,14,20,21). The summed E-state index contributed by atoms with van der Waals surface area (Å²) in [6.07, 6.45) is 0.0664. The monoisotopic (exact) mass is 327 g/mol. The lowest BCUT2D eigenvalue weighted by Gasteiger charge is -2.20. The number of sulfonamides is 1. The predicted molar refractivity (Wildman–Crippen MR) is 81.4 cm³/mol. The number of anilines is 2. The van der Waals surface area contributed by atoms with Gasteiger partial charge >= 0.3 is 5.97 Å². The van der Waals surface area contributed by atoms with E-state index in [1.807, 2.05) is 0 Å². The van der Waals surface area contributed by atoms with Crippen molar-refractivity contribution in [3.63, 3.8) is 0 Å². The molecule has 4 N–H and O–H groups in total. The number of rotatable bonds is 5. The molecule has 1 aromatic carbocycles. The minimum atomic E-state index is -3.66. The smallest absolute Gasteiger partial charge is 0.335 e. The number of carbonyl (C=O) groups is 2. The van der Waals surface area contributed by atoms with E-state index in [2.05, 4.69) is 5.32 Å². The van der Waals surface area contributed by atoms with Crippen molar-refractivity contribution in [2.45, 2.75) is 6.42 Å². The molecule has 0 aromatic heterocycles. The topological polar surface area (TPSA) is 130 Å². The van der Waals surface area contributed by atoms with Crippen molar-refractivity contribution in [1.82, 2.24) is 0 Å². The molecule has 0 saturated carbocycles. The number of carbonyl (C=O) groups excluding carboxylic acids is 1. The minimum Gasteiger partial charge on any atom is -0.478 e. The molecular weight excluding hydrogens is 310 g/mol. The van der Waals surface area contributed by atoms with E-state index in [0.717, 1.165) is 0 Å². The van der Waals surface area contributed by atoms with Crippen LogP contribution in [0.25, 0.3) is 0 Å². The van der Waals surface area contributed by atoms with E-state index in [4.69, 9.17) is 10.2 Å². The Hall–Kier alpha value is -2.13. The first-order valence-corrected chi connectivity index (χ1v) is 8.28. The van der Waals surface area contributed by atoms with Crippen LogP contribution in [0.3, 0.4) is 0 Å². The van der Waals surface area contributed by atoms with Gasteiger partial charge in [0.25, 0.3) is 0 Å². The van der Waals surface area contributed by atoms with Crippen LogP contribution in [0.4, 0.5) is 11.4 Å². The van der Waals surface area contributed by atoms with Gasteiger partial charge in [-0.1, -0.05) is 0 Å². The van der Waals surface area contributed by atoms with Crippen LogP contribution in [-0.4, -0.2) is 44.7 Å². The normalized spacial score (nSPS) is 18.5. The summed E-state index contributed by atoms with van der Waals surface area (Å²) in [6.45, 7) is 0.188. The average Bonchev–Trinajstić information content (AvgIpc) is 2.76. The second kappa shape index (κ2) is 5.93. The average molecular weight is 327 g/mol.